The van der Waals surface area contributed by atoms with Gasteiger partial charge >= 0.3 is 0 Å². The molecule has 1 aromatic carbocycles. The van der Waals surface area contributed by atoms with Crippen LogP contribution in [0.2, 0.25) is 0 Å². The fourth-order valence-electron chi connectivity index (χ4n) is 3.90. The van der Waals surface area contributed by atoms with Crippen molar-refractivity contribution in [3.8, 4) is 0 Å². The molecule has 1 fully saturated rings. The van der Waals surface area contributed by atoms with Crippen LogP contribution in [0.1, 0.15) is 23.6 Å². The van der Waals surface area contributed by atoms with Gasteiger partial charge in [-0.05, 0) is 49.7 Å². The van der Waals surface area contributed by atoms with E-state index in [1.807, 2.05) is 10.6 Å². The molecule has 3 heterocycles. The van der Waals surface area contributed by atoms with E-state index in [0.717, 1.165) is 42.5 Å². The van der Waals surface area contributed by atoms with Gasteiger partial charge in [0.2, 0.25) is 0 Å². The van der Waals surface area contributed by atoms with E-state index in [9.17, 15) is 4.79 Å². The molecule has 1 aromatic heterocycles. The number of piperidine rings is 1. The average Bonchev–Trinajstić information content (AvgIpc) is 2.58. The van der Waals surface area contributed by atoms with Crippen LogP contribution in [0.5, 0.6) is 0 Å². The third kappa shape index (κ3) is 2.84. The molecule has 24 heavy (non-hydrogen) atoms. The Bertz CT molecular complexity index is 827. The van der Waals surface area contributed by atoms with Crippen LogP contribution in [0.25, 0.3) is 0 Å². The van der Waals surface area contributed by atoms with Crippen molar-refractivity contribution in [2.75, 3.05) is 18.4 Å². The minimum Gasteiger partial charge on any atom is -0.348 e. The van der Waals surface area contributed by atoms with Crippen molar-refractivity contribution in [2.45, 2.75) is 25.8 Å². The van der Waals surface area contributed by atoms with Crippen LogP contribution < -0.4 is 10.9 Å². The Morgan fingerprint density at radius 1 is 1.12 bits per heavy atom. The standard InChI is InChI=1S/C19H21N3OS/c1-13-5-7-16(8-6-13)20-19(24)21-10-14-9-15(12-21)17-3-2-4-18(23)22(17)11-14/h2-8,14-15H,9-12H2,1H3,(H,20,24)/t14-,15+/m0/s1. The van der Waals surface area contributed by atoms with Crippen molar-refractivity contribution in [2.24, 2.45) is 5.92 Å². The second kappa shape index (κ2) is 6.06. The Hall–Kier alpha value is -2.14. The monoisotopic (exact) mass is 339 g/mol. The van der Waals surface area contributed by atoms with E-state index in [-0.39, 0.29) is 5.56 Å². The zero-order chi connectivity index (χ0) is 16.7. The molecule has 4 rings (SSSR count). The van der Waals surface area contributed by atoms with E-state index in [0.29, 0.717) is 11.8 Å². The van der Waals surface area contributed by atoms with E-state index in [1.165, 1.54) is 5.56 Å². The number of hydrogen-bond donors (Lipinski definition) is 1. The topological polar surface area (TPSA) is 37.3 Å². The molecular formula is C19H21N3OS. The lowest BCUT2D eigenvalue weighted by Gasteiger charge is -2.43. The van der Waals surface area contributed by atoms with Crippen molar-refractivity contribution >= 4 is 23.0 Å². The summed E-state index contributed by atoms with van der Waals surface area (Å²) in [6.07, 6.45) is 1.15. The normalized spacial score (nSPS) is 22.0. The van der Waals surface area contributed by atoms with Crippen LogP contribution in [0.15, 0.2) is 47.3 Å². The minimum atomic E-state index is 0.121. The first kappa shape index (κ1) is 15.4. The highest BCUT2D eigenvalue weighted by Gasteiger charge is 2.35. The van der Waals surface area contributed by atoms with Gasteiger partial charge in [0.15, 0.2) is 5.11 Å². The van der Waals surface area contributed by atoms with Crippen LogP contribution in [-0.2, 0) is 6.54 Å². The second-order valence-electron chi connectivity index (χ2n) is 6.90. The molecule has 1 saturated heterocycles. The van der Waals surface area contributed by atoms with Gasteiger partial charge in [-0.15, -0.1) is 0 Å². The maximum Gasteiger partial charge on any atom is 0.250 e. The number of aryl methyl sites for hydroxylation is 1. The molecule has 2 aliphatic rings. The van der Waals surface area contributed by atoms with Crippen LogP contribution in [0, 0.1) is 12.8 Å². The van der Waals surface area contributed by atoms with Gasteiger partial charge in [-0.2, -0.15) is 0 Å². The van der Waals surface area contributed by atoms with Gasteiger partial charge in [0.25, 0.3) is 5.56 Å². The number of nitrogens with one attached hydrogen (secondary N) is 1. The largest absolute Gasteiger partial charge is 0.348 e. The molecule has 4 nitrogen and oxygen atoms in total. The highest BCUT2D eigenvalue weighted by atomic mass is 32.1. The molecule has 0 radical (unpaired) electrons. The molecule has 5 heteroatoms. The SMILES string of the molecule is Cc1ccc(NC(=S)N2C[C@@H]3C[C@H](C2)c2cccc(=O)n2C3)cc1. The molecular weight excluding hydrogens is 318 g/mol. The summed E-state index contributed by atoms with van der Waals surface area (Å²) in [6, 6.07) is 13.9. The summed E-state index contributed by atoms with van der Waals surface area (Å²) in [4.78, 5) is 14.3. The number of likely N-dealkylation sites (tertiary alicyclic amines) is 1. The molecule has 0 amide bonds. The molecule has 0 unspecified atom stereocenters. The Morgan fingerprint density at radius 3 is 2.71 bits per heavy atom. The Kier molecular flexibility index (Phi) is 3.88. The van der Waals surface area contributed by atoms with Gasteiger partial charge in [-0.3, -0.25) is 4.79 Å². The third-order valence-corrected chi connectivity index (χ3v) is 5.43. The van der Waals surface area contributed by atoms with E-state index >= 15 is 0 Å². The number of fused-ring (bicyclic) bond motifs is 4. The molecule has 0 spiro atoms. The first-order valence-electron chi connectivity index (χ1n) is 8.42. The summed E-state index contributed by atoms with van der Waals surface area (Å²) in [7, 11) is 0. The molecule has 2 bridgehead atoms. The van der Waals surface area contributed by atoms with Crippen LogP contribution in [-0.4, -0.2) is 27.7 Å². The summed E-state index contributed by atoms with van der Waals surface area (Å²) < 4.78 is 1.95. The second-order valence-corrected chi connectivity index (χ2v) is 7.29. The van der Waals surface area contributed by atoms with Gasteiger partial charge in [0, 0.05) is 43.0 Å². The van der Waals surface area contributed by atoms with Crippen LogP contribution in [0.3, 0.4) is 0 Å². The number of thiocarbonyl (C=S) groups is 1. The average molecular weight is 339 g/mol. The Labute approximate surface area is 147 Å². The van der Waals surface area contributed by atoms with E-state index < -0.39 is 0 Å². The molecule has 2 atom stereocenters. The molecule has 2 aliphatic heterocycles. The molecule has 2 aromatic rings. The zero-order valence-corrected chi connectivity index (χ0v) is 14.6. The number of pyridine rings is 1. The van der Waals surface area contributed by atoms with Gasteiger partial charge < -0.3 is 14.8 Å². The smallest absolute Gasteiger partial charge is 0.250 e. The first-order valence-corrected chi connectivity index (χ1v) is 8.83. The van der Waals surface area contributed by atoms with E-state index in [2.05, 4.69) is 47.5 Å². The van der Waals surface area contributed by atoms with Crippen LogP contribution >= 0.6 is 12.2 Å². The number of rotatable bonds is 1. The van der Waals surface area contributed by atoms with Gasteiger partial charge in [-0.1, -0.05) is 23.8 Å². The number of anilines is 1. The zero-order valence-electron chi connectivity index (χ0n) is 13.7. The van der Waals surface area contributed by atoms with Crippen molar-refractivity contribution in [3.05, 3.63) is 64.1 Å². The maximum atomic E-state index is 12.1. The lowest BCUT2D eigenvalue weighted by atomic mass is 9.83. The van der Waals surface area contributed by atoms with Crippen LogP contribution in [0.4, 0.5) is 5.69 Å². The van der Waals surface area contributed by atoms with E-state index in [1.54, 1.807) is 6.07 Å². The highest BCUT2D eigenvalue weighted by Crippen LogP contribution is 2.35. The lowest BCUT2D eigenvalue weighted by molar-refractivity contribution is 0.180. The number of hydrogen-bond acceptors (Lipinski definition) is 2. The van der Waals surface area contributed by atoms with Crippen molar-refractivity contribution < 1.29 is 0 Å². The predicted octanol–water partition coefficient (Wildman–Crippen LogP) is 2.97. The molecule has 0 aliphatic carbocycles. The van der Waals surface area contributed by atoms with Crippen molar-refractivity contribution in [1.82, 2.24) is 9.47 Å². The highest BCUT2D eigenvalue weighted by molar-refractivity contribution is 7.80. The van der Waals surface area contributed by atoms with Gasteiger partial charge in [-0.25, -0.2) is 0 Å². The summed E-state index contributed by atoms with van der Waals surface area (Å²) >= 11 is 5.64. The molecule has 0 saturated carbocycles. The number of nitrogens with zero attached hydrogens (tertiary/aromatic N) is 2. The van der Waals surface area contributed by atoms with E-state index in [4.69, 9.17) is 12.2 Å². The Balaban J connectivity index is 1.52. The summed E-state index contributed by atoms with van der Waals surface area (Å²) in [5.74, 6) is 0.860. The third-order valence-electron chi connectivity index (χ3n) is 5.07. The summed E-state index contributed by atoms with van der Waals surface area (Å²) in [5.41, 5.74) is 3.54. The minimum absolute atomic E-state index is 0.121. The van der Waals surface area contributed by atoms with Crippen molar-refractivity contribution in [3.63, 3.8) is 0 Å². The predicted molar refractivity (Wildman–Crippen MR) is 101 cm³/mol. The number of aromatic nitrogens is 1. The first-order chi connectivity index (χ1) is 11.6. The quantitative estimate of drug-likeness (QED) is 0.811. The molecule has 1 N–H and O–H groups in total. The van der Waals surface area contributed by atoms with Crippen molar-refractivity contribution in [1.29, 1.82) is 0 Å². The number of benzene rings is 1. The Morgan fingerprint density at radius 2 is 1.92 bits per heavy atom. The summed E-state index contributed by atoms with van der Waals surface area (Å²) in [5, 5.41) is 4.13. The van der Waals surface area contributed by atoms with Gasteiger partial charge in [0.05, 0.1) is 0 Å². The fourth-order valence-corrected chi connectivity index (χ4v) is 4.17. The molecule has 124 valence electrons. The summed E-state index contributed by atoms with van der Waals surface area (Å²) in [6.45, 7) is 4.66. The fraction of sp³-hybridized carbons (Fsp3) is 0.368. The van der Waals surface area contributed by atoms with Gasteiger partial charge in [0.1, 0.15) is 0 Å². The maximum absolute atomic E-state index is 12.1. The lowest BCUT2D eigenvalue weighted by Crippen LogP contribution is -2.50.